The van der Waals surface area contributed by atoms with Crippen molar-refractivity contribution in [3.05, 3.63) is 66.1 Å². The third kappa shape index (κ3) is 6.38. The number of aryl methyl sites for hydroxylation is 1. The molecule has 3 rings (SSSR count). The first-order valence-corrected chi connectivity index (χ1v) is 8.76. The van der Waals surface area contributed by atoms with Crippen LogP contribution in [0.1, 0.15) is 5.82 Å². The quantitative estimate of drug-likeness (QED) is 0.454. The van der Waals surface area contributed by atoms with Crippen LogP contribution in [0.2, 0.25) is 0 Å². The minimum absolute atomic E-state index is 0.0321. The van der Waals surface area contributed by atoms with Crippen LogP contribution in [0, 0.1) is 18.6 Å². The zero-order valence-corrected chi connectivity index (χ0v) is 15.5. The highest BCUT2D eigenvalue weighted by Crippen LogP contribution is 2.15. The molecule has 29 heavy (non-hydrogen) atoms. The second-order valence-electron chi connectivity index (χ2n) is 5.99. The lowest BCUT2D eigenvalue weighted by atomic mass is 10.3. The number of halogens is 2. The van der Waals surface area contributed by atoms with E-state index in [9.17, 15) is 13.6 Å². The summed E-state index contributed by atoms with van der Waals surface area (Å²) in [5.41, 5.74) is 0.0321. The molecule has 0 saturated carbocycles. The van der Waals surface area contributed by atoms with E-state index in [2.05, 4.69) is 36.2 Å². The number of amides is 2. The fraction of sp³-hybridized carbons (Fsp3) is 0.158. The van der Waals surface area contributed by atoms with Gasteiger partial charge in [-0.2, -0.15) is 0 Å². The molecule has 0 aliphatic carbocycles. The topological polar surface area (TPSA) is 104 Å². The molecule has 3 aromatic rings. The number of carbonyl (C=O) groups is 1. The average molecular weight is 399 g/mol. The lowest BCUT2D eigenvalue weighted by Crippen LogP contribution is -2.32. The lowest BCUT2D eigenvalue weighted by molar-refractivity contribution is 0.252. The molecule has 0 bridgehead atoms. The summed E-state index contributed by atoms with van der Waals surface area (Å²) in [6.45, 7) is 2.40. The van der Waals surface area contributed by atoms with Gasteiger partial charge < -0.3 is 21.3 Å². The first-order valence-electron chi connectivity index (χ1n) is 8.76. The van der Waals surface area contributed by atoms with E-state index in [0.29, 0.717) is 29.8 Å². The molecule has 150 valence electrons. The van der Waals surface area contributed by atoms with Gasteiger partial charge in [-0.15, -0.1) is 0 Å². The number of nitrogens with one attached hydrogen (secondary N) is 4. The van der Waals surface area contributed by atoms with Gasteiger partial charge in [0.15, 0.2) is 0 Å². The van der Waals surface area contributed by atoms with Crippen LogP contribution in [0.25, 0.3) is 0 Å². The molecule has 0 radical (unpaired) electrons. The van der Waals surface area contributed by atoms with Crippen LogP contribution in [0.4, 0.5) is 36.7 Å². The smallest absolute Gasteiger partial charge is 0.319 e. The highest BCUT2D eigenvalue weighted by Gasteiger charge is 2.06. The van der Waals surface area contributed by atoms with Crippen molar-refractivity contribution in [2.45, 2.75) is 6.92 Å². The highest BCUT2D eigenvalue weighted by molar-refractivity contribution is 5.89. The van der Waals surface area contributed by atoms with Gasteiger partial charge in [0.05, 0.1) is 0 Å². The average Bonchev–Trinajstić information content (AvgIpc) is 2.65. The van der Waals surface area contributed by atoms with Gasteiger partial charge in [0.1, 0.15) is 34.9 Å². The van der Waals surface area contributed by atoms with E-state index in [0.717, 1.165) is 18.2 Å². The van der Waals surface area contributed by atoms with Crippen LogP contribution in [0.15, 0.2) is 48.7 Å². The first-order chi connectivity index (χ1) is 14.0. The standard InChI is InChI=1S/C19H19F2N7O/c1-12-25-17(11-18(26-12)28-16-4-2-3-5-22-16)23-6-7-24-19(29)27-15-9-13(20)8-14(21)10-15/h2-5,8-11H,6-7H2,1H3,(H2,24,27,29)(H2,22,23,25,26,28). The summed E-state index contributed by atoms with van der Waals surface area (Å²) in [6.07, 6.45) is 1.67. The fourth-order valence-corrected chi connectivity index (χ4v) is 2.46. The first kappa shape index (κ1) is 19.9. The maximum Gasteiger partial charge on any atom is 0.319 e. The molecule has 2 aromatic heterocycles. The number of anilines is 4. The number of pyridine rings is 1. The maximum atomic E-state index is 13.1. The van der Waals surface area contributed by atoms with Crippen molar-refractivity contribution in [2.75, 3.05) is 29.0 Å². The van der Waals surface area contributed by atoms with Gasteiger partial charge in [-0.3, -0.25) is 0 Å². The summed E-state index contributed by atoms with van der Waals surface area (Å²) in [7, 11) is 0. The summed E-state index contributed by atoms with van der Waals surface area (Å²) < 4.78 is 26.3. The Morgan fingerprint density at radius 1 is 0.966 bits per heavy atom. The number of benzene rings is 1. The molecule has 0 spiro atoms. The summed E-state index contributed by atoms with van der Waals surface area (Å²) in [6, 6.07) is 9.42. The number of hydrogen-bond acceptors (Lipinski definition) is 6. The molecule has 4 N–H and O–H groups in total. The van der Waals surface area contributed by atoms with E-state index in [1.54, 1.807) is 19.2 Å². The Balaban J connectivity index is 1.48. The van der Waals surface area contributed by atoms with Gasteiger partial charge in [-0.1, -0.05) is 6.07 Å². The third-order valence-corrected chi connectivity index (χ3v) is 3.60. The largest absolute Gasteiger partial charge is 0.368 e. The Hall–Kier alpha value is -3.82. The molecule has 0 aliphatic heterocycles. The summed E-state index contributed by atoms with van der Waals surface area (Å²) >= 11 is 0. The Labute approximate surface area is 165 Å². The molecule has 0 fully saturated rings. The van der Waals surface area contributed by atoms with Gasteiger partial charge in [-0.05, 0) is 31.2 Å². The van der Waals surface area contributed by atoms with Crippen LogP contribution in [-0.4, -0.2) is 34.1 Å². The van der Waals surface area contributed by atoms with Crippen molar-refractivity contribution in [1.82, 2.24) is 20.3 Å². The molecule has 1 aromatic carbocycles. The minimum Gasteiger partial charge on any atom is -0.368 e. The maximum absolute atomic E-state index is 13.1. The van der Waals surface area contributed by atoms with E-state index in [4.69, 9.17) is 0 Å². The number of rotatable bonds is 7. The van der Waals surface area contributed by atoms with Crippen LogP contribution >= 0.6 is 0 Å². The van der Waals surface area contributed by atoms with Crippen molar-refractivity contribution in [3.8, 4) is 0 Å². The predicted molar refractivity (Wildman–Crippen MR) is 106 cm³/mol. The van der Waals surface area contributed by atoms with Crippen molar-refractivity contribution in [2.24, 2.45) is 0 Å². The van der Waals surface area contributed by atoms with E-state index in [1.807, 2.05) is 18.2 Å². The summed E-state index contributed by atoms with van der Waals surface area (Å²) in [5, 5.41) is 11.1. The fourth-order valence-electron chi connectivity index (χ4n) is 2.46. The van der Waals surface area contributed by atoms with Gasteiger partial charge in [0, 0.05) is 37.1 Å². The normalized spacial score (nSPS) is 10.3. The molecule has 2 heterocycles. The zero-order valence-electron chi connectivity index (χ0n) is 15.5. The van der Waals surface area contributed by atoms with Crippen molar-refractivity contribution in [1.29, 1.82) is 0 Å². The molecule has 2 amide bonds. The van der Waals surface area contributed by atoms with E-state index in [1.165, 1.54) is 0 Å². The lowest BCUT2D eigenvalue weighted by Gasteiger charge is -2.11. The molecular weight excluding hydrogens is 380 g/mol. The van der Waals surface area contributed by atoms with Crippen molar-refractivity contribution < 1.29 is 13.6 Å². The van der Waals surface area contributed by atoms with Gasteiger partial charge in [0.2, 0.25) is 0 Å². The summed E-state index contributed by atoms with van der Waals surface area (Å²) in [5.74, 6) is 0.839. The van der Waals surface area contributed by atoms with Crippen molar-refractivity contribution in [3.63, 3.8) is 0 Å². The Morgan fingerprint density at radius 3 is 2.45 bits per heavy atom. The van der Waals surface area contributed by atoms with Crippen LogP contribution in [0.3, 0.4) is 0 Å². The Morgan fingerprint density at radius 2 is 1.72 bits per heavy atom. The van der Waals surface area contributed by atoms with Crippen LogP contribution in [0.5, 0.6) is 0 Å². The van der Waals surface area contributed by atoms with Crippen LogP contribution < -0.4 is 21.3 Å². The monoisotopic (exact) mass is 399 g/mol. The third-order valence-electron chi connectivity index (χ3n) is 3.60. The number of nitrogens with zero attached hydrogens (tertiary/aromatic N) is 3. The second-order valence-corrected chi connectivity index (χ2v) is 5.99. The number of urea groups is 1. The highest BCUT2D eigenvalue weighted by atomic mass is 19.1. The molecule has 8 nitrogen and oxygen atoms in total. The van der Waals surface area contributed by atoms with E-state index < -0.39 is 17.7 Å². The second kappa shape index (κ2) is 9.40. The molecule has 0 unspecified atom stereocenters. The Bertz CT molecular complexity index is 965. The zero-order chi connectivity index (χ0) is 20.6. The number of aromatic nitrogens is 3. The molecular formula is C19H19F2N7O. The minimum atomic E-state index is -0.767. The molecule has 0 atom stereocenters. The van der Waals surface area contributed by atoms with Crippen molar-refractivity contribution >= 4 is 29.2 Å². The van der Waals surface area contributed by atoms with Gasteiger partial charge in [-0.25, -0.2) is 28.5 Å². The number of carbonyl (C=O) groups excluding carboxylic acids is 1. The molecule has 10 heteroatoms. The predicted octanol–water partition coefficient (Wildman–Crippen LogP) is 3.44. The number of hydrogen-bond donors (Lipinski definition) is 4. The Kier molecular flexibility index (Phi) is 6.46. The SMILES string of the molecule is Cc1nc(NCCNC(=O)Nc2cc(F)cc(F)c2)cc(Nc2ccccn2)n1. The van der Waals surface area contributed by atoms with E-state index >= 15 is 0 Å². The molecule has 0 aliphatic rings. The summed E-state index contributed by atoms with van der Waals surface area (Å²) in [4.78, 5) is 24.6. The van der Waals surface area contributed by atoms with Crippen LogP contribution in [-0.2, 0) is 0 Å². The molecule has 0 saturated heterocycles. The van der Waals surface area contributed by atoms with Gasteiger partial charge in [0.25, 0.3) is 0 Å². The van der Waals surface area contributed by atoms with E-state index in [-0.39, 0.29) is 12.2 Å². The van der Waals surface area contributed by atoms with Gasteiger partial charge >= 0.3 is 6.03 Å².